The highest BCUT2D eigenvalue weighted by molar-refractivity contribution is 7.92. The molecule has 3 aromatic rings. The monoisotopic (exact) mass is 580 g/mol. The van der Waals surface area contributed by atoms with Crippen molar-refractivity contribution >= 4 is 24.2 Å². The van der Waals surface area contributed by atoms with E-state index in [0.29, 0.717) is 37.2 Å². The van der Waals surface area contributed by atoms with Gasteiger partial charge in [0.15, 0.2) is 18.2 Å². The van der Waals surface area contributed by atoms with Gasteiger partial charge in [-0.05, 0) is 111 Å². The lowest BCUT2D eigenvalue weighted by molar-refractivity contribution is 0.163. The first-order valence-electron chi connectivity index (χ1n) is 14.2. The van der Waals surface area contributed by atoms with Gasteiger partial charge in [-0.25, -0.2) is 17.5 Å². The molecule has 214 valence electrons. The fourth-order valence-electron chi connectivity index (χ4n) is 6.15. The Hall–Kier alpha value is -2.55. The molecule has 8 heteroatoms. The molecule has 1 heterocycles. The van der Waals surface area contributed by atoms with Crippen LogP contribution in [-0.2, 0) is 20.7 Å². The van der Waals surface area contributed by atoms with Crippen molar-refractivity contribution < 1.29 is 17.2 Å². The van der Waals surface area contributed by atoms with Gasteiger partial charge in [0, 0.05) is 6.61 Å². The molecule has 0 bridgehead atoms. The van der Waals surface area contributed by atoms with E-state index >= 15 is 0 Å². The molecule has 5 rings (SSSR count). The number of allylic oxidation sites excluding steroid dienone is 1. The molecule has 2 atom stereocenters. The first-order valence-corrected chi connectivity index (χ1v) is 18.5. The third-order valence-electron chi connectivity index (χ3n) is 9.67. The number of nitrogens with zero attached hydrogens (tertiary/aromatic N) is 2. The van der Waals surface area contributed by atoms with Crippen LogP contribution in [0.5, 0.6) is 0 Å². The molecular formula is C32H41FN2O3SSi. The van der Waals surface area contributed by atoms with Gasteiger partial charge in [-0.2, -0.15) is 5.10 Å². The fourth-order valence-corrected chi connectivity index (χ4v) is 9.12. The molecule has 2 aromatic carbocycles. The molecule has 2 aliphatic rings. The zero-order chi connectivity index (χ0) is 29.0. The van der Waals surface area contributed by atoms with E-state index < -0.39 is 22.9 Å². The van der Waals surface area contributed by atoms with Crippen molar-refractivity contribution in [1.29, 1.82) is 0 Å². The SMILES string of the molecule is CC(C)(C)[Si](C)(C)OCC[C@]12Cc3cnn(-c4ccc(F)cc4)c3C=C1CC[C@](C)(S(=O)(=O)c1ccccc1)C2. The summed E-state index contributed by atoms with van der Waals surface area (Å²) in [7, 11) is -5.54. The predicted molar refractivity (Wildman–Crippen MR) is 161 cm³/mol. The molecule has 0 N–H and O–H groups in total. The van der Waals surface area contributed by atoms with Crippen LogP contribution in [0.1, 0.15) is 64.6 Å². The molecule has 1 fully saturated rings. The quantitative estimate of drug-likeness (QED) is 0.268. The van der Waals surface area contributed by atoms with Crippen LogP contribution in [0.3, 0.4) is 0 Å². The summed E-state index contributed by atoms with van der Waals surface area (Å²) in [6.45, 7) is 13.8. The highest BCUT2D eigenvalue weighted by Gasteiger charge is 2.53. The first-order chi connectivity index (χ1) is 18.7. The Kier molecular flexibility index (Phi) is 7.29. The number of aromatic nitrogens is 2. The second-order valence-electron chi connectivity index (χ2n) is 13.4. The van der Waals surface area contributed by atoms with Gasteiger partial charge in [-0.1, -0.05) is 44.5 Å². The van der Waals surface area contributed by atoms with Gasteiger partial charge in [0.1, 0.15) is 5.82 Å². The highest BCUT2D eigenvalue weighted by Crippen LogP contribution is 2.56. The van der Waals surface area contributed by atoms with Gasteiger partial charge in [0.25, 0.3) is 0 Å². The topological polar surface area (TPSA) is 61.2 Å². The van der Waals surface area contributed by atoms with Crippen molar-refractivity contribution in [2.45, 2.75) is 87.6 Å². The standard InChI is InChI=1S/C32H41FN2O3SSi/c1-30(2,3)40(5,6)38-19-18-32-21-24-22-34-35(27-14-12-26(33)13-15-27)29(24)20-25(32)16-17-31(4,23-32)39(36,37)28-10-8-7-9-11-28/h7-15,20,22H,16-19,21,23H2,1-6H3/t31-,32+/m0/s1. The molecule has 0 spiro atoms. The van der Waals surface area contributed by atoms with Crippen molar-refractivity contribution in [3.63, 3.8) is 0 Å². The van der Waals surface area contributed by atoms with E-state index in [4.69, 9.17) is 4.43 Å². The van der Waals surface area contributed by atoms with E-state index in [1.165, 1.54) is 17.7 Å². The van der Waals surface area contributed by atoms with Crippen molar-refractivity contribution in [3.05, 3.63) is 83.4 Å². The zero-order valence-electron chi connectivity index (χ0n) is 24.5. The second kappa shape index (κ2) is 10.1. The van der Waals surface area contributed by atoms with Crippen molar-refractivity contribution in [2.24, 2.45) is 5.41 Å². The summed E-state index contributed by atoms with van der Waals surface area (Å²) < 4.78 is 49.4. The summed E-state index contributed by atoms with van der Waals surface area (Å²) in [6, 6.07) is 15.2. The van der Waals surface area contributed by atoms with Crippen LogP contribution < -0.4 is 0 Å². The molecule has 1 aromatic heterocycles. The van der Waals surface area contributed by atoms with Crippen molar-refractivity contribution in [1.82, 2.24) is 9.78 Å². The van der Waals surface area contributed by atoms with Crippen LogP contribution in [0.15, 0.2) is 71.3 Å². The van der Waals surface area contributed by atoms with Crippen molar-refractivity contribution in [3.8, 4) is 5.69 Å². The van der Waals surface area contributed by atoms with Crippen LogP contribution in [0.2, 0.25) is 18.1 Å². The summed E-state index contributed by atoms with van der Waals surface area (Å²) >= 11 is 0. The van der Waals surface area contributed by atoms with Crippen LogP contribution >= 0.6 is 0 Å². The van der Waals surface area contributed by atoms with Gasteiger partial charge < -0.3 is 4.43 Å². The van der Waals surface area contributed by atoms with Crippen LogP contribution in [-0.4, -0.2) is 37.9 Å². The van der Waals surface area contributed by atoms with Gasteiger partial charge in [-0.3, -0.25) is 0 Å². The van der Waals surface area contributed by atoms with Gasteiger partial charge >= 0.3 is 0 Å². The molecule has 1 saturated carbocycles. The molecule has 0 unspecified atom stereocenters. The third kappa shape index (κ3) is 5.03. The zero-order valence-corrected chi connectivity index (χ0v) is 26.3. The number of sulfone groups is 1. The van der Waals surface area contributed by atoms with Crippen LogP contribution in [0.4, 0.5) is 4.39 Å². The number of halogens is 1. The normalized spacial score (nSPS) is 23.3. The van der Waals surface area contributed by atoms with Crippen molar-refractivity contribution in [2.75, 3.05) is 6.61 Å². The maximum absolute atomic E-state index is 14.1. The third-order valence-corrected chi connectivity index (χ3v) is 16.7. The largest absolute Gasteiger partial charge is 0.417 e. The Labute approximate surface area is 239 Å². The number of hydrogen-bond donors (Lipinski definition) is 0. The average Bonchev–Trinajstić information content (AvgIpc) is 3.29. The van der Waals surface area contributed by atoms with E-state index in [-0.39, 0.29) is 16.3 Å². The van der Waals surface area contributed by atoms with E-state index in [1.807, 2.05) is 23.9 Å². The minimum atomic E-state index is -3.56. The summed E-state index contributed by atoms with van der Waals surface area (Å²) in [5.41, 5.74) is 3.81. The Morgan fingerprint density at radius 2 is 1.75 bits per heavy atom. The van der Waals surface area contributed by atoms with E-state index in [1.54, 1.807) is 36.4 Å². The fraction of sp³-hybridized carbons (Fsp3) is 0.469. The molecule has 0 aliphatic heterocycles. The molecule has 0 saturated heterocycles. The van der Waals surface area contributed by atoms with Crippen LogP contribution in [0.25, 0.3) is 11.8 Å². The highest BCUT2D eigenvalue weighted by atomic mass is 32.2. The summed E-state index contributed by atoms with van der Waals surface area (Å²) in [5.74, 6) is -0.282. The lowest BCUT2D eigenvalue weighted by Crippen LogP contribution is -2.49. The van der Waals surface area contributed by atoms with Gasteiger partial charge in [0.05, 0.1) is 27.2 Å². The number of benzene rings is 2. The van der Waals surface area contributed by atoms with Crippen LogP contribution in [0, 0.1) is 11.2 Å². The summed E-state index contributed by atoms with van der Waals surface area (Å²) in [4.78, 5) is 0.387. The number of fused-ring (bicyclic) bond motifs is 2. The summed E-state index contributed by atoms with van der Waals surface area (Å²) in [5, 5.41) is 4.77. The minimum Gasteiger partial charge on any atom is -0.417 e. The Morgan fingerprint density at radius 1 is 1.07 bits per heavy atom. The van der Waals surface area contributed by atoms with Gasteiger partial charge in [0.2, 0.25) is 0 Å². The lowest BCUT2D eigenvalue weighted by Gasteiger charge is -2.50. The first kappa shape index (κ1) is 29.0. The Bertz CT molecular complexity index is 1520. The molecule has 0 amide bonds. The lowest BCUT2D eigenvalue weighted by atomic mass is 9.60. The number of hydrogen-bond acceptors (Lipinski definition) is 4. The predicted octanol–water partition coefficient (Wildman–Crippen LogP) is 7.77. The smallest absolute Gasteiger partial charge is 0.191 e. The molecule has 0 radical (unpaired) electrons. The summed E-state index contributed by atoms with van der Waals surface area (Å²) in [6.07, 6.45) is 7.35. The number of rotatable bonds is 7. The maximum Gasteiger partial charge on any atom is 0.191 e. The molecule has 40 heavy (non-hydrogen) atoms. The molecular weight excluding hydrogens is 540 g/mol. The van der Waals surface area contributed by atoms with Gasteiger partial charge in [-0.15, -0.1) is 0 Å². The van der Waals surface area contributed by atoms with E-state index in [9.17, 15) is 12.8 Å². The maximum atomic E-state index is 14.1. The molecule has 2 aliphatic carbocycles. The average molecular weight is 581 g/mol. The molecule has 5 nitrogen and oxygen atoms in total. The minimum absolute atomic E-state index is 0.0943. The van der Waals surface area contributed by atoms with E-state index in [0.717, 1.165) is 23.4 Å². The second-order valence-corrected chi connectivity index (χ2v) is 20.6. The van der Waals surface area contributed by atoms with E-state index in [2.05, 4.69) is 45.0 Å². The Balaban J connectivity index is 1.53. The Morgan fingerprint density at radius 3 is 2.40 bits per heavy atom.